The number of aromatic nitrogens is 4. The van der Waals surface area contributed by atoms with E-state index in [1.54, 1.807) is 16.5 Å². The van der Waals surface area contributed by atoms with Gasteiger partial charge in [0.1, 0.15) is 6.54 Å². The third-order valence-corrected chi connectivity index (χ3v) is 4.30. The maximum atomic E-state index is 12.6. The van der Waals surface area contributed by atoms with E-state index < -0.39 is 11.2 Å². The fourth-order valence-corrected chi connectivity index (χ4v) is 3.01. The van der Waals surface area contributed by atoms with Gasteiger partial charge in [-0.25, -0.2) is 14.3 Å². The van der Waals surface area contributed by atoms with Gasteiger partial charge in [-0.05, 0) is 12.8 Å². The van der Waals surface area contributed by atoms with E-state index in [0.29, 0.717) is 24.3 Å². The van der Waals surface area contributed by atoms with Crippen LogP contribution in [0.2, 0.25) is 0 Å². The molecule has 0 aliphatic carbocycles. The van der Waals surface area contributed by atoms with Crippen LogP contribution in [0.1, 0.15) is 12.8 Å². The van der Waals surface area contributed by atoms with Gasteiger partial charge in [-0.1, -0.05) is 0 Å². The van der Waals surface area contributed by atoms with Crippen molar-refractivity contribution in [3.8, 4) is 0 Å². The molecule has 1 saturated heterocycles. The summed E-state index contributed by atoms with van der Waals surface area (Å²) in [4.78, 5) is 43.0. The molecule has 1 aliphatic heterocycles. The predicted molar refractivity (Wildman–Crippen MR) is 84.0 cm³/mol. The Bertz CT molecular complexity index is 877. The molecule has 23 heavy (non-hydrogen) atoms. The number of carbonyl (C=O) groups is 1. The van der Waals surface area contributed by atoms with Crippen molar-refractivity contribution in [2.75, 3.05) is 13.1 Å². The van der Waals surface area contributed by atoms with Gasteiger partial charge in [0, 0.05) is 33.2 Å². The van der Waals surface area contributed by atoms with E-state index in [4.69, 9.17) is 5.73 Å². The van der Waals surface area contributed by atoms with Crippen molar-refractivity contribution in [1.82, 2.24) is 23.6 Å². The van der Waals surface area contributed by atoms with Gasteiger partial charge in [0.15, 0.2) is 11.2 Å². The third-order valence-electron chi connectivity index (χ3n) is 4.30. The van der Waals surface area contributed by atoms with Crippen LogP contribution in [0, 0.1) is 0 Å². The van der Waals surface area contributed by atoms with Crippen LogP contribution in [0.3, 0.4) is 0 Å². The summed E-state index contributed by atoms with van der Waals surface area (Å²) >= 11 is 0. The molecule has 9 nitrogen and oxygen atoms in total. The maximum absolute atomic E-state index is 12.6. The standard InChI is InChI=1S/C14H20N6O3/c1-17-8-16-12-11(17)13(22)20(14(23)18(12)2)7-10(21)19-5-3-4-9(15)6-19/h8-9H,3-7,15H2,1-2H3. The number of aryl methyl sites for hydroxylation is 2. The highest BCUT2D eigenvalue weighted by molar-refractivity contribution is 5.77. The van der Waals surface area contributed by atoms with Crippen LogP contribution >= 0.6 is 0 Å². The van der Waals surface area contributed by atoms with E-state index in [2.05, 4.69) is 4.98 Å². The van der Waals surface area contributed by atoms with Crippen molar-refractivity contribution in [2.45, 2.75) is 25.4 Å². The molecule has 1 amide bonds. The lowest BCUT2D eigenvalue weighted by atomic mass is 10.1. The molecule has 0 saturated carbocycles. The zero-order valence-electron chi connectivity index (χ0n) is 13.2. The summed E-state index contributed by atoms with van der Waals surface area (Å²) < 4.78 is 3.80. The molecule has 1 atom stereocenters. The summed E-state index contributed by atoms with van der Waals surface area (Å²) in [6, 6.07) is -0.0493. The van der Waals surface area contributed by atoms with Gasteiger partial charge in [-0.2, -0.15) is 0 Å². The van der Waals surface area contributed by atoms with Crippen LogP contribution in [0.5, 0.6) is 0 Å². The molecule has 0 spiro atoms. The first-order valence-corrected chi connectivity index (χ1v) is 7.54. The van der Waals surface area contributed by atoms with Crippen molar-refractivity contribution in [1.29, 1.82) is 0 Å². The van der Waals surface area contributed by atoms with E-state index in [1.807, 2.05) is 0 Å². The Morgan fingerprint density at radius 2 is 2.13 bits per heavy atom. The molecular formula is C14H20N6O3. The van der Waals surface area contributed by atoms with Crippen LogP contribution in [0.25, 0.3) is 11.2 Å². The number of fused-ring (bicyclic) bond motifs is 1. The minimum Gasteiger partial charge on any atom is -0.340 e. The zero-order valence-corrected chi connectivity index (χ0v) is 13.2. The van der Waals surface area contributed by atoms with Crippen LogP contribution in [0.4, 0.5) is 0 Å². The Kier molecular flexibility index (Phi) is 3.80. The second kappa shape index (κ2) is 5.65. The molecule has 2 aromatic rings. The first kappa shape index (κ1) is 15.5. The monoisotopic (exact) mass is 320 g/mol. The van der Waals surface area contributed by atoms with Crippen LogP contribution < -0.4 is 17.0 Å². The van der Waals surface area contributed by atoms with E-state index >= 15 is 0 Å². The number of rotatable bonds is 2. The molecular weight excluding hydrogens is 300 g/mol. The average Bonchev–Trinajstić information content (AvgIpc) is 2.91. The van der Waals surface area contributed by atoms with E-state index in [0.717, 1.165) is 17.4 Å². The summed E-state index contributed by atoms with van der Waals surface area (Å²) in [7, 11) is 3.21. The molecule has 0 bridgehead atoms. The number of nitrogens with zero attached hydrogens (tertiary/aromatic N) is 5. The summed E-state index contributed by atoms with van der Waals surface area (Å²) in [6.45, 7) is 0.788. The van der Waals surface area contributed by atoms with E-state index in [1.165, 1.54) is 17.9 Å². The van der Waals surface area contributed by atoms with Crippen molar-refractivity contribution in [3.05, 3.63) is 27.2 Å². The minimum absolute atomic E-state index is 0.0493. The third kappa shape index (κ3) is 2.56. The summed E-state index contributed by atoms with van der Waals surface area (Å²) in [5, 5.41) is 0. The van der Waals surface area contributed by atoms with Gasteiger partial charge in [0.2, 0.25) is 5.91 Å². The largest absolute Gasteiger partial charge is 0.340 e. The lowest BCUT2D eigenvalue weighted by Crippen LogP contribution is -2.49. The lowest BCUT2D eigenvalue weighted by molar-refractivity contribution is -0.133. The molecule has 1 aliphatic rings. The SMILES string of the molecule is Cn1cnc2c1c(=O)n(CC(=O)N1CCCC(N)C1)c(=O)n2C. The number of nitrogens with two attached hydrogens (primary N) is 1. The number of hydrogen-bond donors (Lipinski definition) is 1. The van der Waals surface area contributed by atoms with Gasteiger partial charge in [-0.15, -0.1) is 0 Å². The Morgan fingerprint density at radius 1 is 1.39 bits per heavy atom. The quantitative estimate of drug-likeness (QED) is 0.716. The van der Waals surface area contributed by atoms with Gasteiger partial charge >= 0.3 is 5.69 Å². The number of likely N-dealkylation sites (tertiary alicyclic amines) is 1. The fraction of sp³-hybridized carbons (Fsp3) is 0.571. The van der Waals surface area contributed by atoms with E-state index in [9.17, 15) is 14.4 Å². The highest BCUT2D eigenvalue weighted by atomic mass is 16.2. The molecule has 9 heteroatoms. The fourth-order valence-electron chi connectivity index (χ4n) is 3.01. The molecule has 3 heterocycles. The van der Waals surface area contributed by atoms with Crippen molar-refractivity contribution in [2.24, 2.45) is 19.8 Å². The molecule has 1 unspecified atom stereocenters. The maximum Gasteiger partial charge on any atom is 0.332 e. The predicted octanol–water partition coefficient (Wildman–Crippen LogP) is -1.62. The topological polar surface area (TPSA) is 108 Å². The summed E-state index contributed by atoms with van der Waals surface area (Å²) in [6.07, 6.45) is 3.19. The molecule has 0 aromatic carbocycles. The molecule has 2 N–H and O–H groups in total. The first-order valence-electron chi connectivity index (χ1n) is 7.54. The second-order valence-corrected chi connectivity index (χ2v) is 6.00. The van der Waals surface area contributed by atoms with Gasteiger partial charge in [0.05, 0.1) is 6.33 Å². The molecule has 124 valence electrons. The molecule has 2 aromatic heterocycles. The molecule has 3 rings (SSSR count). The number of carbonyl (C=O) groups excluding carboxylic acids is 1. The van der Waals surface area contributed by atoms with Gasteiger partial charge in [-0.3, -0.25) is 14.2 Å². The Hall–Kier alpha value is -2.42. The van der Waals surface area contributed by atoms with Gasteiger partial charge < -0.3 is 15.2 Å². The Labute approximate surface area is 131 Å². The number of piperidine rings is 1. The minimum atomic E-state index is -0.546. The van der Waals surface area contributed by atoms with E-state index in [-0.39, 0.29) is 18.5 Å². The molecule has 0 radical (unpaired) electrons. The first-order chi connectivity index (χ1) is 10.9. The number of amides is 1. The summed E-state index contributed by atoms with van der Waals surface area (Å²) in [5.41, 5.74) is 5.45. The van der Waals surface area contributed by atoms with Crippen LogP contribution in [0.15, 0.2) is 15.9 Å². The second-order valence-electron chi connectivity index (χ2n) is 6.00. The van der Waals surface area contributed by atoms with Crippen molar-refractivity contribution < 1.29 is 4.79 Å². The van der Waals surface area contributed by atoms with Crippen molar-refractivity contribution in [3.63, 3.8) is 0 Å². The molecule has 1 fully saturated rings. The van der Waals surface area contributed by atoms with Crippen molar-refractivity contribution >= 4 is 17.1 Å². The highest BCUT2D eigenvalue weighted by Gasteiger charge is 2.23. The van der Waals surface area contributed by atoms with Gasteiger partial charge in [0.25, 0.3) is 5.56 Å². The van der Waals surface area contributed by atoms with Crippen LogP contribution in [-0.2, 0) is 25.4 Å². The smallest absolute Gasteiger partial charge is 0.332 e. The average molecular weight is 320 g/mol. The summed E-state index contributed by atoms with van der Waals surface area (Å²) in [5.74, 6) is -0.263. The number of hydrogen-bond acceptors (Lipinski definition) is 5. The Morgan fingerprint density at radius 3 is 2.83 bits per heavy atom. The van der Waals surface area contributed by atoms with Crippen LogP contribution in [-0.4, -0.2) is 48.6 Å². The normalized spacial score (nSPS) is 18.6. The highest BCUT2D eigenvalue weighted by Crippen LogP contribution is 2.09. The Balaban J connectivity index is 2.00. The zero-order chi connectivity index (χ0) is 16.7. The lowest BCUT2D eigenvalue weighted by Gasteiger charge is -2.30. The number of imidazole rings is 1.